The van der Waals surface area contributed by atoms with Crippen molar-refractivity contribution in [2.75, 3.05) is 13.1 Å². The fraction of sp³-hybridized carbons (Fsp3) is 0.357. The van der Waals surface area contributed by atoms with Crippen molar-refractivity contribution in [1.82, 2.24) is 10.6 Å². The number of hydrogen-bond acceptors (Lipinski definition) is 3. The first-order chi connectivity index (χ1) is 9.15. The molecule has 100 valence electrons. The Bertz CT molecular complexity index is 492. The summed E-state index contributed by atoms with van der Waals surface area (Å²) in [7, 11) is 0. The molecule has 0 heterocycles. The average molecular weight is 259 g/mol. The van der Waals surface area contributed by atoms with Crippen LogP contribution in [0.2, 0.25) is 0 Å². The second kappa shape index (κ2) is 7.88. The van der Waals surface area contributed by atoms with Gasteiger partial charge >= 0.3 is 0 Å². The third kappa shape index (κ3) is 5.21. The molecule has 2 N–H and O–H groups in total. The predicted octanol–water partition coefficient (Wildman–Crippen LogP) is 1.01. The minimum absolute atomic E-state index is 0.0781. The first kappa shape index (κ1) is 14.7. The van der Waals surface area contributed by atoms with Crippen LogP contribution >= 0.6 is 0 Å². The first-order valence-electron chi connectivity index (χ1n) is 6.12. The first-order valence-corrected chi connectivity index (χ1v) is 6.12. The maximum atomic E-state index is 11.9. The quantitative estimate of drug-likeness (QED) is 0.748. The van der Waals surface area contributed by atoms with Gasteiger partial charge in [0.25, 0.3) is 5.91 Å². The lowest BCUT2D eigenvalue weighted by molar-refractivity contribution is -0.118. The van der Waals surface area contributed by atoms with Crippen LogP contribution in [0.5, 0.6) is 0 Å². The van der Waals surface area contributed by atoms with Crippen LogP contribution in [-0.4, -0.2) is 24.9 Å². The second-order valence-corrected chi connectivity index (χ2v) is 4.08. The largest absolute Gasteiger partial charge is 0.356 e. The number of nitrogens with one attached hydrogen (secondary N) is 2. The lowest BCUT2D eigenvalue weighted by Crippen LogP contribution is -2.29. The highest BCUT2D eigenvalue weighted by Crippen LogP contribution is 2.08. The third-order valence-electron chi connectivity index (χ3n) is 2.54. The van der Waals surface area contributed by atoms with Crippen LogP contribution in [0.3, 0.4) is 0 Å². The van der Waals surface area contributed by atoms with Gasteiger partial charge in [0.2, 0.25) is 5.91 Å². The van der Waals surface area contributed by atoms with Crippen molar-refractivity contribution in [1.29, 1.82) is 5.26 Å². The molecule has 19 heavy (non-hydrogen) atoms. The highest BCUT2D eigenvalue weighted by molar-refractivity contribution is 5.95. The summed E-state index contributed by atoms with van der Waals surface area (Å²) >= 11 is 0. The lowest BCUT2D eigenvalue weighted by Gasteiger charge is -2.08. The van der Waals surface area contributed by atoms with Crippen LogP contribution in [0.4, 0.5) is 0 Å². The average Bonchev–Trinajstić information content (AvgIpc) is 2.39. The van der Waals surface area contributed by atoms with E-state index >= 15 is 0 Å². The molecule has 0 unspecified atom stereocenters. The molecule has 1 aromatic rings. The van der Waals surface area contributed by atoms with Crippen LogP contribution in [0.25, 0.3) is 0 Å². The maximum Gasteiger partial charge on any atom is 0.251 e. The van der Waals surface area contributed by atoms with Crippen LogP contribution < -0.4 is 10.6 Å². The normalized spacial score (nSPS) is 9.47. The minimum atomic E-state index is -0.186. The summed E-state index contributed by atoms with van der Waals surface area (Å²) in [5.41, 5.74) is 1.26. The van der Waals surface area contributed by atoms with E-state index in [1.54, 1.807) is 24.3 Å². The zero-order chi connectivity index (χ0) is 14.1. The lowest BCUT2D eigenvalue weighted by atomic mass is 10.0. The van der Waals surface area contributed by atoms with Gasteiger partial charge in [-0.1, -0.05) is 18.2 Å². The summed E-state index contributed by atoms with van der Waals surface area (Å²) in [5, 5.41) is 14.1. The number of nitrogens with zero attached hydrogens (tertiary/aromatic N) is 1. The predicted molar refractivity (Wildman–Crippen MR) is 71.4 cm³/mol. The molecule has 0 atom stereocenters. The van der Waals surface area contributed by atoms with Crippen LogP contribution in [0.15, 0.2) is 24.3 Å². The van der Waals surface area contributed by atoms with E-state index in [1.165, 1.54) is 6.92 Å². The second-order valence-electron chi connectivity index (χ2n) is 4.08. The summed E-state index contributed by atoms with van der Waals surface area (Å²) < 4.78 is 0. The molecule has 0 aliphatic rings. The number of rotatable bonds is 6. The van der Waals surface area contributed by atoms with Crippen LogP contribution in [0.1, 0.15) is 29.3 Å². The Labute approximate surface area is 112 Å². The molecule has 0 aliphatic carbocycles. The SMILES string of the molecule is CC(=O)NCCCNC(=O)c1ccccc1CC#N. The van der Waals surface area contributed by atoms with Gasteiger partial charge in [0.15, 0.2) is 0 Å². The number of nitriles is 1. The van der Waals surface area contributed by atoms with Gasteiger partial charge in [-0.25, -0.2) is 0 Å². The van der Waals surface area contributed by atoms with Gasteiger partial charge in [-0.05, 0) is 18.1 Å². The Morgan fingerprint density at radius 2 is 1.89 bits per heavy atom. The molecule has 2 amide bonds. The van der Waals surface area contributed by atoms with Crippen molar-refractivity contribution in [3.63, 3.8) is 0 Å². The van der Waals surface area contributed by atoms with Crippen molar-refractivity contribution in [2.24, 2.45) is 0 Å². The smallest absolute Gasteiger partial charge is 0.251 e. The molecule has 5 nitrogen and oxygen atoms in total. The molecule has 0 fully saturated rings. The number of benzene rings is 1. The standard InChI is InChI=1S/C14H17N3O2/c1-11(18)16-9-4-10-17-14(19)13-6-3-2-5-12(13)7-8-15/h2-3,5-6H,4,7,9-10H2,1H3,(H,16,18)(H,17,19). The molecule has 0 aliphatic heterocycles. The van der Waals surface area contributed by atoms with Gasteiger partial charge in [0.05, 0.1) is 12.5 Å². The summed E-state index contributed by atoms with van der Waals surface area (Å²) in [5.74, 6) is -0.264. The molecule has 0 bridgehead atoms. The molecule has 1 aromatic carbocycles. The van der Waals surface area contributed by atoms with Crippen molar-refractivity contribution >= 4 is 11.8 Å². The van der Waals surface area contributed by atoms with E-state index in [9.17, 15) is 9.59 Å². The fourth-order valence-corrected chi connectivity index (χ4v) is 1.63. The van der Waals surface area contributed by atoms with E-state index in [0.29, 0.717) is 25.1 Å². The van der Waals surface area contributed by atoms with E-state index in [1.807, 2.05) is 6.07 Å². The molecule has 1 rings (SSSR count). The molecule has 5 heteroatoms. The summed E-state index contributed by atoms with van der Waals surface area (Å²) in [6, 6.07) is 9.09. The zero-order valence-corrected chi connectivity index (χ0v) is 10.9. The van der Waals surface area contributed by atoms with Crippen molar-refractivity contribution in [3.05, 3.63) is 35.4 Å². The number of carbonyl (C=O) groups is 2. The Morgan fingerprint density at radius 3 is 2.58 bits per heavy atom. The number of hydrogen-bond donors (Lipinski definition) is 2. The summed E-state index contributed by atoms with van der Waals surface area (Å²) in [6.45, 7) is 2.48. The zero-order valence-electron chi connectivity index (χ0n) is 10.9. The van der Waals surface area contributed by atoms with Gasteiger partial charge in [-0.3, -0.25) is 9.59 Å². The van der Waals surface area contributed by atoms with Crippen LogP contribution in [0, 0.1) is 11.3 Å². The highest BCUT2D eigenvalue weighted by atomic mass is 16.2. The highest BCUT2D eigenvalue weighted by Gasteiger charge is 2.09. The van der Waals surface area contributed by atoms with E-state index in [-0.39, 0.29) is 18.2 Å². The molecule has 0 saturated heterocycles. The monoisotopic (exact) mass is 259 g/mol. The van der Waals surface area contributed by atoms with Crippen molar-refractivity contribution in [3.8, 4) is 6.07 Å². The molecule has 0 saturated carbocycles. The van der Waals surface area contributed by atoms with Crippen LogP contribution in [-0.2, 0) is 11.2 Å². The Kier molecular flexibility index (Phi) is 6.10. The van der Waals surface area contributed by atoms with Gasteiger partial charge in [-0.15, -0.1) is 0 Å². The molecule has 0 aromatic heterocycles. The maximum absolute atomic E-state index is 11.9. The van der Waals surface area contributed by atoms with Gasteiger partial charge in [-0.2, -0.15) is 5.26 Å². The molecule has 0 radical (unpaired) electrons. The van der Waals surface area contributed by atoms with Crippen molar-refractivity contribution < 1.29 is 9.59 Å². The van der Waals surface area contributed by atoms with E-state index in [4.69, 9.17) is 5.26 Å². The van der Waals surface area contributed by atoms with Gasteiger partial charge in [0, 0.05) is 25.6 Å². The third-order valence-corrected chi connectivity index (χ3v) is 2.54. The number of carbonyl (C=O) groups excluding carboxylic acids is 2. The minimum Gasteiger partial charge on any atom is -0.356 e. The molecular weight excluding hydrogens is 242 g/mol. The molecular formula is C14H17N3O2. The summed E-state index contributed by atoms with van der Waals surface area (Å²) in [4.78, 5) is 22.6. The Balaban J connectivity index is 2.45. The number of amides is 2. The van der Waals surface area contributed by atoms with Crippen molar-refractivity contribution in [2.45, 2.75) is 19.8 Å². The van der Waals surface area contributed by atoms with Gasteiger partial charge < -0.3 is 10.6 Å². The van der Waals surface area contributed by atoms with Gasteiger partial charge in [0.1, 0.15) is 0 Å². The van der Waals surface area contributed by atoms with E-state index < -0.39 is 0 Å². The van der Waals surface area contributed by atoms with E-state index in [0.717, 1.165) is 5.56 Å². The summed E-state index contributed by atoms with van der Waals surface area (Å²) in [6.07, 6.45) is 0.890. The van der Waals surface area contributed by atoms with E-state index in [2.05, 4.69) is 10.6 Å². The fourth-order valence-electron chi connectivity index (χ4n) is 1.63. The Hall–Kier alpha value is -2.35. The Morgan fingerprint density at radius 1 is 1.21 bits per heavy atom. The topological polar surface area (TPSA) is 82.0 Å². The molecule has 0 spiro atoms.